The van der Waals surface area contributed by atoms with E-state index in [1.807, 2.05) is 0 Å². The molecule has 0 bridgehead atoms. The first kappa shape index (κ1) is 22.9. The fourth-order valence-electron chi connectivity index (χ4n) is 3.32. The Kier molecular flexibility index (Phi) is 8.09. The quantitative estimate of drug-likeness (QED) is 0.321. The van der Waals surface area contributed by atoms with Gasteiger partial charge in [-0.2, -0.15) is 0 Å². The summed E-state index contributed by atoms with van der Waals surface area (Å²) < 4.78 is 26.5. The van der Waals surface area contributed by atoms with E-state index in [4.69, 9.17) is 23.7 Å². The second kappa shape index (κ2) is 9.89. The van der Waals surface area contributed by atoms with Crippen molar-refractivity contribution in [1.82, 2.24) is 5.32 Å². The number of aliphatic hydroxyl groups is 3. The summed E-state index contributed by atoms with van der Waals surface area (Å²) in [7, 11) is 2.56. The average molecular weight is 408 g/mol. The first-order valence-electron chi connectivity index (χ1n) is 8.70. The van der Waals surface area contributed by atoms with Crippen molar-refractivity contribution in [2.24, 2.45) is 0 Å². The Labute approximate surface area is 161 Å². The van der Waals surface area contributed by atoms with Crippen molar-refractivity contribution in [1.29, 1.82) is 0 Å². The van der Waals surface area contributed by atoms with Crippen LogP contribution in [0.25, 0.3) is 0 Å². The molecule has 9 atom stereocenters. The Morgan fingerprint density at radius 3 is 2.36 bits per heavy atom. The number of carboxylic acids is 1. The molecule has 2 aliphatic heterocycles. The summed E-state index contributed by atoms with van der Waals surface area (Å²) in [6, 6.07) is -1.03. The number of aliphatic carboxylic acids is 1. The van der Waals surface area contributed by atoms with Crippen LogP contribution in [0.1, 0.15) is 13.3 Å². The molecular weight excluding hydrogens is 382 g/mol. The maximum Gasteiger partial charge on any atom is 0.217 e. The van der Waals surface area contributed by atoms with Crippen LogP contribution >= 0.6 is 0 Å². The lowest BCUT2D eigenvalue weighted by Gasteiger charge is -2.46. The molecule has 0 aromatic carbocycles. The van der Waals surface area contributed by atoms with Crippen molar-refractivity contribution in [3.05, 3.63) is 0 Å². The number of rotatable bonds is 7. The van der Waals surface area contributed by atoms with E-state index in [9.17, 15) is 30.0 Å². The van der Waals surface area contributed by atoms with Crippen LogP contribution in [0.5, 0.6) is 0 Å². The third-order valence-electron chi connectivity index (χ3n) is 4.69. The van der Waals surface area contributed by atoms with E-state index in [2.05, 4.69) is 5.32 Å². The topological polar surface area (TPSA) is 176 Å². The van der Waals surface area contributed by atoms with Gasteiger partial charge in [0.1, 0.15) is 36.6 Å². The molecule has 2 fully saturated rings. The van der Waals surface area contributed by atoms with Crippen LogP contribution in [0.15, 0.2) is 0 Å². The molecule has 1 amide bonds. The number of carbonyl (C=O) groups excluding carboxylic acids is 2. The molecule has 162 valence electrons. The third kappa shape index (κ3) is 4.96. The lowest BCUT2D eigenvalue weighted by atomic mass is 9.96. The SMILES string of the molecule is CO[C@@H]1OC(CO)[C@@H](O)[C@H](O[C@@H]2OC(C(=O)[O-])[C@@H](OC)CC2O)C1NC(C)=O. The fraction of sp³-hybridized carbons (Fsp3) is 0.875. The van der Waals surface area contributed by atoms with Crippen LogP contribution in [0.2, 0.25) is 0 Å². The smallest absolute Gasteiger partial charge is 0.217 e. The standard InChI is InChI=1S/C16H27NO11/c1-6(19)17-10-13(11(21)9(5-18)26-16(10)25-3)28-15-7(20)4-8(24-2)12(27-15)14(22)23/h7-13,15-16,18,20-21H,4-5H2,1-3H3,(H,17,19)(H,22,23)/p-1/t7?,8-,9?,10?,11+,12?,13+,15-,16+/m0/s1. The Balaban J connectivity index is 2.24. The van der Waals surface area contributed by atoms with Crippen molar-refractivity contribution in [2.75, 3.05) is 20.8 Å². The van der Waals surface area contributed by atoms with Crippen LogP contribution in [-0.4, -0.2) is 103 Å². The molecule has 0 aromatic rings. The van der Waals surface area contributed by atoms with E-state index in [0.717, 1.165) is 0 Å². The number of carboxylic acid groups (broad SMARTS) is 1. The zero-order valence-corrected chi connectivity index (χ0v) is 15.7. The highest BCUT2D eigenvalue weighted by Gasteiger charge is 2.49. The predicted molar refractivity (Wildman–Crippen MR) is 86.3 cm³/mol. The van der Waals surface area contributed by atoms with Gasteiger partial charge in [-0.15, -0.1) is 0 Å². The van der Waals surface area contributed by atoms with E-state index >= 15 is 0 Å². The van der Waals surface area contributed by atoms with E-state index in [0.29, 0.717) is 0 Å². The summed E-state index contributed by atoms with van der Waals surface area (Å²) in [4.78, 5) is 22.9. The molecule has 4 unspecified atom stereocenters. The molecule has 2 saturated heterocycles. The minimum absolute atomic E-state index is 0.124. The molecule has 4 N–H and O–H groups in total. The van der Waals surface area contributed by atoms with Crippen LogP contribution in [0, 0.1) is 0 Å². The molecule has 12 nitrogen and oxygen atoms in total. The molecule has 28 heavy (non-hydrogen) atoms. The van der Waals surface area contributed by atoms with Gasteiger partial charge >= 0.3 is 0 Å². The first-order chi connectivity index (χ1) is 13.2. The van der Waals surface area contributed by atoms with Crippen LogP contribution in [-0.2, 0) is 33.3 Å². The van der Waals surface area contributed by atoms with Gasteiger partial charge in [0.15, 0.2) is 12.6 Å². The maximum absolute atomic E-state index is 11.6. The highest BCUT2D eigenvalue weighted by molar-refractivity contribution is 5.73. The second-order valence-corrected chi connectivity index (χ2v) is 6.60. The summed E-state index contributed by atoms with van der Waals surface area (Å²) in [5, 5.41) is 44.0. The minimum atomic E-state index is -1.55. The second-order valence-electron chi connectivity index (χ2n) is 6.60. The molecule has 0 saturated carbocycles. The Hall–Kier alpha value is -1.38. The van der Waals surface area contributed by atoms with E-state index in [1.165, 1.54) is 21.1 Å². The lowest BCUT2D eigenvalue weighted by molar-refractivity contribution is -0.354. The van der Waals surface area contributed by atoms with Gasteiger partial charge in [-0.05, 0) is 0 Å². The number of carbonyl (C=O) groups is 2. The Bertz CT molecular complexity index is 547. The summed E-state index contributed by atoms with van der Waals surface area (Å²) in [6.45, 7) is 0.657. The van der Waals surface area contributed by atoms with Gasteiger partial charge in [-0.3, -0.25) is 4.79 Å². The molecule has 2 aliphatic rings. The number of amides is 1. The van der Waals surface area contributed by atoms with Crippen LogP contribution < -0.4 is 10.4 Å². The molecule has 2 heterocycles. The molecule has 12 heteroatoms. The zero-order chi connectivity index (χ0) is 21.0. The van der Waals surface area contributed by atoms with Gasteiger partial charge in [-0.1, -0.05) is 0 Å². The summed E-state index contributed by atoms with van der Waals surface area (Å²) >= 11 is 0. The average Bonchev–Trinajstić information content (AvgIpc) is 2.65. The van der Waals surface area contributed by atoms with E-state index in [1.54, 1.807) is 0 Å². The van der Waals surface area contributed by atoms with Crippen molar-refractivity contribution in [2.45, 2.75) is 68.6 Å². The van der Waals surface area contributed by atoms with Gasteiger partial charge in [0.2, 0.25) is 5.91 Å². The highest BCUT2D eigenvalue weighted by atomic mass is 16.7. The summed E-state index contributed by atoms with van der Waals surface area (Å²) in [6.07, 6.45) is -10.2. The van der Waals surface area contributed by atoms with Crippen molar-refractivity contribution in [3.63, 3.8) is 0 Å². The predicted octanol–water partition coefficient (Wildman–Crippen LogP) is -4.16. The molecule has 2 rings (SSSR count). The van der Waals surface area contributed by atoms with E-state index < -0.39 is 73.7 Å². The van der Waals surface area contributed by atoms with Crippen LogP contribution in [0.4, 0.5) is 0 Å². The minimum Gasteiger partial charge on any atom is -0.547 e. The maximum atomic E-state index is 11.6. The molecular formula is C16H26NO11-. The lowest BCUT2D eigenvalue weighted by Crippen LogP contribution is -2.67. The normalized spacial score (nSPS) is 41.4. The number of hydrogen-bond donors (Lipinski definition) is 4. The van der Waals surface area contributed by atoms with Crippen molar-refractivity contribution >= 4 is 11.9 Å². The van der Waals surface area contributed by atoms with Crippen molar-refractivity contribution < 1.29 is 53.7 Å². The molecule has 0 radical (unpaired) electrons. The summed E-state index contributed by atoms with van der Waals surface area (Å²) in [5.41, 5.74) is 0. The monoisotopic (exact) mass is 408 g/mol. The van der Waals surface area contributed by atoms with Gasteiger partial charge in [0, 0.05) is 27.6 Å². The Morgan fingerprint density at radius 2 is 1.86 bits per heavy atom. The Morgan fingerprint density at radius 1 is 1.18 bits per heavy atom. The van der Waals surface area contributed by atoms with Gasteiger partial charge in [0.05, 0.1) is 18.7 Å². The molecule has 0 spiro atoms. The van der Waals surface area contributed by atoms with E-state index in [-0.39, 0.29) is 6.42 Å². The number of aliphatic hydroxyl groups excluding tert-OH is 3. The van der Waals surface area contributed by atoms with Crippen LogP contribution in [0.3, 0.4) is 0 Å². The molecule has 0 aliphatic carbocycles. The molecule has 0 aromatic heterocycles. The van der Waals surface area contributed by atoms with Gasteiger partial charge < -0.3 is 54.2 Å². The third-order valence-corrected chi connectivity index (χ3v) is 4.69. The summed E-state index contributed by atoms with van der Waals surface area (Å²) in [5.74, 6) is -2.03. The number of methoxy groups -OCH3 is 2. The first-order valence-corrected chi connectivity index (χ1v) is 8.70. The largest absolute Gasteiger partial charge is 0.547 e. The number of hydrogen-bond acceptors (Lipinski definition) is 11. The highest BCUT2D eigenvalue weighted by Crippen LogP contribution is 2.29. The number of ether oxygens (including phenoxy) is 5. The zero-order valence-electron chi connectivity index (χ0n) is 15.7. The van der Waals surface area contributed by atoms with Gasteiger partial charge in [-0.25, -0.2) is 0 Å². The number of nitrogens with one attached hydrogen (secondary N) is 1. The fourth-order valence-corrected chi connectivity index (χ4v) is 3.32. The van der Waals surface area contributed by atoms with Gasteiger partial charge in [0.25, 0.3) is 0 Å². The van der Waals surface area contributed by atoms with Crippen molar-refractivity contribution in [3.8, 4) is 0 Å².